The summed E-state index contributed by atoms with van der Waals surface area (Å²) in [4.78, 5) is 19.3. The van der Waals surface area contributed by atoms with Gasteiger partial charge in [-0.1, -0.05) is 0 Å². The molecule has 1 atom stereocenters. The van der Waals surface area contributed by atoms with Gasteiger partial charge in [0.25, 0.3) is 0 Å². The molecule has 0 radical (unpaired) electrons. The third-order valence-corrected chi connectivity index (χ3v) is 3.27. The number of likely N-dealkylation sites (tertiary alicyclic amines) is 1. The average molecular weight is 319 g/mol. The quantitative estimate of drug-likeness (QED) is 0.697. The van der Waals surface area contributed by atoms with Crippen LogP contribution in [0.1, 0.15) is 33.6 Å². The number of nitrogens with zero attached hydrogens (tertiary/aromatic N) is 1. The first-order chi connectivity index (χ1) is 8.30. The molecule has 0 saturated carbocycles. The molecule has 1 saturated heterocycles. The number of carbonyl (C=O) groups is 1. The van der Waals surface area contributed by atoms with E-state index in [2.05, 4.69) is 21.4 Å². The Kier molecular flexibility index (Phi) is 3.60. The van der Waals surface area contributed by atoms with Crippen LogP contribution in [0.15, 0.2) is 10.7 Å². The minimum Gasteiger partial charge on any atom is -0.444 e. The largest absolute Gasteiger partial charge is 0.444 e. The number of carbonyl (C=O) groups excluding carboxylic acids is 1. The normalized spacial score (nSPS) is 28.0. The van der Waals surface area contributed by atoms with Crippen LogP contribution < -0.4 is 5.48 Å². The molecule has 0 unspecified atom stereocenters. The Hall–Kier alpha value is -0.750. The van der Waals surface area contributed by atoms with Gasteiger partial charge in [-0.3, -0.25) is 10.3 Å². The van der Waals surface area contributed by atoms with E-state index in [0.29, 0.717) is 13.1 Å². The van der Waals surface area contributed by atoms with Crippen LogP contribution in [-0.2, 0) is 9.57 Å². The molecule has 1 fully saturated rings. The molecule has 2 rings (SSSR count). The molecule has 2 aliphatic heterocycles. The van der Waals surface area contributed by atoms with Crippen LogP contribution in [0.25, 0.3) is 0 Å². The van der Waals surface area contributed by atoms with Crippen LogP contribution in [-0.4, -0.2) is 35.3 Å². The second kappa shape index (κ2) is 4.74. The molecule has 102 valence electrons. The molecular weight excluding hydrogens is 300 g/mol. The number of ether oxygens (including phenoxy) is 1. The zero-order chi connectivity index (χ0) is 13.4. The van der Waals surface area contributed by atoms with Crippen LogP contribution >= 0.6 is 15.9 Å². The molecule has 1 N–H and O–H groups in total. The maximum absolute atomic E-state index is 12.0. The first kappa shape index (κ1) is 13.7. The zero-order valence-corrected chi connectivity index (χ0v) is 12.5. The predicted molar refractivity (Wildman–Crippen MR) is 71.0 cm³/mol. The van der Waals surface area contributed by atoms with Crippen LogP contribution in [0.4, 0.5) is 4.79 Å². The Labute approximate surface area is 116 Å². The molecule has 0 aromatic carbocycles. The summed E-state index contributed by atoms with van der Waals surface area (Å²) in [7, 11) is 0. The maximum atomic E-state index is 12.0. The van der Waals surface area contributed by atoms with Crippen molar-refractivity contribution in [2.75, 3.05) is 13.1 Å². The molecule has 0 aromatic rings. The lowest BCUT2D eigenvalue weighted by atomic mass is 9.93. The highest BCUT2D eigenvalue weighted by Gasteiger charge is 2.41. The smallest absolute Gasteiger partial charge is 0.410 e. The summed E-state index contributed by atoms with van der Waals surface area (Å²) in [5.41, 5.74) is 1.90. The molecule has 0 bridgehead atoms. The molecule has 1 spiro atoms. The van der Waals surface area contributed by atoms with E-state index < -0.39 is 11.2 Å². The average Bonchev–Trinajstić information content (AvgIpc) is 2.57. The van der Waals surface area contributed by atoms with Crippen molar-refractivity contribution >= 4 is 22.0 Å². The number of amides is 1. The van der Waals surface area contributed by atoms with Gasteiger partial charge in [-0.05, 0) is 55.6 Å². The van der Waals surface area contributed by atoms with Crippen molar-refractivity contribution in [2.45, 2.75) is 44.8 Å². The summed E-state index contributed by atoms with van der Waals surface area (Å²) < 4.78 is 6.20. The Bertz CT molecular complexity index is 378. The number of nitrogens with one attached hydrogen (secondary N) is 1. The van der Waals surface area contributed by atoms with Crippen LogP contribution in [0.2, 0.25) is 0 Å². The van der Waals surface area contributed by atoms with Gasteiger partial charge in [-0.25, -0.2) is 4.79 Å². The van der Waals surface area contributed by atoms with Crippen molar-refractivity contribution in [3.05, 3.63) is 10.7 Å². The second-order valence-corrected chi connectivity index (χ2v) is 6.62. The molecule has 0 aromatic heterocycles. The Morgan fingerprint density at radius 1 is 1.61 bits per heavy atom. The lowest BCUT2D eigenvalue weighted by molar-refractivity contribution is -0.0797. The summed E-state index contributed by atoms with van der Waals surface area (Å²) in [6, 6.07) is 0. The third-order valence-electron chi connectivity index (χ3n) is 2.88. The van der Waals surface area contributed by atoms with Gasteiger partial charge in [0.05, 0.1) is 6.54 Å². The van der Waals surface area contributed by atoms with E-state index in [9.17, 15) is 4.79 Å². The molecule has 18 heavy (non-hydrogen) atoms. The van der Waals surface area contributed by atoms with Crippen LogP contribution in [0.5, 0.6) is 0 Å². The Morgan fingerprint density at radius 3 is 2.89 bits per heavy atom. The predicted octanol–water partition coefficient (Wildman–Crippen LogP) is 2.53. The lowest BCUT2D eigenvalue weighted by Gasteiger charge is -2.38. The first-order valence-corrected chi connectivity index (χ1v) is 6.89. The van der Waals surface area contributed by atoms with Crippen molar-refractivity contribution in [2.24, 2.45) is 0 Å². The first-order valence-electron chi connectivity index (χ1n) is 6.10. The van der Waals surface area contributed by atoms with Gasteiger partial charge in [0.15, 0.2) is 0 Å². The molecule has 2 aliphatic rings. The Morgan fingerprint density at radius 2 is 2.33 bits per heavy atom. The van der Waals surface area contributed by atoms with Crippen molar-refractivity contribution in [3.63, 3.8) is 0 Å². The lowest BCUT2D eigenvalue weighted by Crippen LogP contribution is -2.51. The van der Waals surface area contributed by atoms with Gasteiger partial charge >= 0.3 is 6.09 Å². The topological polar surface area (TPSA) is 50.8 Å². The van der Waals surface area contributed by atoms with Crippen molar-refractivity contribution in [3.8, 4) is 0 Å². The number of piperidine rings is 1. The summed E-state index contributed by atoms with van der Waals surface area (Å²) in [6.45, 7) is 6.84. The molecule has 6 heteroatoms. The number of halogens is 1. The monoisotopic (exact) mass is 318 g/mol. The van der Waals surface area contributed by atoms with E-state index in [-0.39, 0.29) is 6.09 Å². The molecule has 2 heterocycles. The minimum atomic E-state index is -0.465. The highest BCUT2D eigenvalue weighted by Crippen LogP contribution is 2.32. The fraction of sp³-hybridized carbons (Fsp3) is 0.750. The number of hydrogen-bond donors (Lipinski definition) is 1. The van der Waals surface area contributed by atoms with E-state index in [0.717, 1.165) is 17.4 Å². The summed E-state index contributed by atoms with van der Waals surface area (Å²) >= 11 is 3.34. The highest BCUT2D eigenvalue weighted by atomic mass is 79.9. The molecule has 5 nitrogen and oxygen atoms in total. The van der Waals surface area contributed by atoms with Crippen molar-refractivity contribution < 1.29 is 14.4 Å². The maximum Gasteiger partial charge on any atom is 0.410 e. The van der Waals surface area contributed by atoms with E-state index in [4.69, 9.17) is 9.57 Å². The van der Waals surface area contributed by atoms with Crippen molar-refractivity contribution in [1.29, 1.82) is 0 Å². The van der Waals surface area contributed by atoms with Gasteiger partial charge in [0.1, 0.15) is 15.8 Å². The SMILES string of the molecule is CC(C)(C)OC(=O)N1CCC[C@@]2(C=C(Br)NO2)C1. The van der Waals surface area contributed by atoms with Crippen LogP contribution in [0.3, 0.4) is 0 Å². The molecule has 0 aliphatic carbocycles. The van der Waals surface area contributed by atoms with Gasteiger partial charge < -0.3 is 9.64 Å². The van der Waals surface area contributed by atoms with Crippen molar-refractivity contribution in [1.82, 2.24) is 10.4 Å². The summed E-state index contributed by atoms with van der Waals surface area (Å²) in [5.74, 6) is 0. The van der Waals surface area contributed by atoms with Gasteiger partial charge in [-0.2, -0.15) is 0 Å². The van der Waals surface area contributed by atoms with E-state index >= 15 is 0 Å². The molecule has 1 amide bonds. The van der Waals surface area contributed by atoms with Crippen LogP contribution in [0, 0.1) is 0 Å². The zero-order valence-electron chi connectivity index (χ0n) is 11.0. The standard InChI is InChI=1S/C12H19BrN2O3/c1-11(2,3)17-10(16)15-6-4-5-12(8-15)7-9(13)14-18-12/h7,14H,4-6,8H2,1-3H3/t12-/m1/s1. The fourth-order valence-corrected chi connectivity index (χ4v) is 2.67. The van der Waals surface area contributed by atoms with E-state index in [1.165, 1.54) is 0 Å². The number of hydrogen-bond acceptors (Lipinski definition) is 4. The van der Waals surface area contributed by atoms with E-state index in [1.54, 1.807) is 4.90 Å². The van der Waals surface area contributed by atoms with Gasteiger partial charge in [-0.15, -0.1) is 0 Å². The second-order valence-electron chi connectivity index (χ2n) is 5.77. The van der Waals surface area contributed by atoms with E-state index in [1.807, 2.05) is 26.8 Å². The van der Waals surface area contributed by atoms with Gasteiger partial charge in [0.2, 0.25) is 0 Å². The number of rotatable bonds is 0. The Balaban J connectivity index is 2.01. The fourth-order valence-electron chi connectivity index (χ4n) is 2.17. The number of hydroxylamine groups is 1. The van der Waals surface area contributed by atoms with Gasteiger partial charge in [0, 0.05) is 6.54 Å². The highest BCUT2D eigenvalue weighted by molar-refractivity contribution is 9.11. The third kappa shape index (κ3) is 3.17. The summed E-state index contributed by atoms with van der Waals surface area (Å²) in [6.07, 6.45) is 3.50. The molecular formula is C12H19BrN2O3. The summed E-state index contributed by atoms with van der Waals surface area (Å²) in [5, 5.41) is 0. The minimum absolute atomic E-state index is 0.276.